The normalized spacial score (nSPS) is 13.6. The molecule has 0 aliphatic heterocycles. The molecule has 2 aromatic rings. The van der Waals surface area contributed by atoms with Crippen LogP contribution in [0.4, 0.5) is 0 Å². The first-order chi connectivity index (χ1) is 7.59. The maximum Gasteiger partial charge on any atom is 0.0517 e. The zero-order chi connectivity index (χ0) is 11.7. The van der Waals surface area contributed by atoms with Crippen molar-refractivity contribution in [2.24, 2.45) is 0 Å². The lowest BCUT2D eigenvalue weighted by Gasteiger charge is -2.19. The Hall–Kier alpha value is -1.35. The first-order valence-corrected chi connectivity index (χ1v) is 5.65. The van der Waals surface area contributed by atoms with Gasteiger partial charge < -0.3 is 9.47 Å². The summed E-state index contributed by atoms with van der Waals surface area (Å²) in [4.78, 5) is 6.40. The van der Waals surface area contributed by atoms with Gasteiger partial charge in [0.1, 0.15) is 0 Å². The molecule has 0 spiro atoms. The topological polar surface area (TPSA) is 21.1 Å². The Labute approximate surface area is 96.7 Å². The van der Waals surface area contributed by atoms with Gasteiger partial charge in [0.2, 0.25) is 0 Å². The molecule has 2 aromatic heterocycles. The zero-order valence-electron chi connectivity index (χ0n) is 10.4. The van der Waals surface area contributed by atoms with Gasteiger partial charge in [-0.2, -0.15) is 0 Å². The van der Waals surface area contributed by atoms with E-state index in [0.29, 0.717) is 6.04 Å². The fourth-order valence-electron chi connectivity index (χ4n) is 2.24. The molecule has 0 aromatic carbocycles. The van der Waals surface area contributed by atoms with E-state index in [1.807, 2.05) is 12.4 Å². The van der Waals surface area contributed by atoms with E-state index in [0.717, 1.165) is 6.54 Å². The van der Waals surface area contributed by atoms with E-state index in [2.05, 4.69) is 54.7 Å². The maximum absolute atomic E-state index is 4.18. The number of aryl methyl sites for hydroxylation is 1. The number of rotatable bonds is 3. The van der Waals surface area contributed by atoms with Gasteiger partial charge in [0.05, 0.1) is 5.52 Å². The summed E-state index contributed by atoms with van der Waals surface area (Å²) in [6.45, 7) is 5.44. The van der Waals surface area contributed by atoms with Gasteiger partial charge in [-0.1, -0.05) is 0 Å². The molecule has 0 bridgehead atoms. The van der Waals surface area contributed by atoms with Crippen LogP contribution in [0.2, 0.25) is 0 Å². The zero-order valence-corrected chi connectivity index (χ0v) is 10.4. The minimum atomic E-state index is 0.480. The Morgan fingerprint density at radius 1 is 1.44 bits per heavy atom. The van der Waals surface area contributed by atoms with Crippen LogP contribution in [0.25, 0.3) is 10.9 Å². The van der Waals surface area contributed by atoms with E-state index in [4.69, 9.17) is 0 Å². The van der Waals surface area contributed by atoms with Gasteiger partial charge in [0.25, 0.3) is 0 Å². The van der Waals surface area contributed by atoms with Gasteiger partial charge in [-0.3, -0.25) is 4.98 Å². The summed E-state index contributed by atoms with van der Waals surface area (Å²) in [7, 11) is 4.22. The predicted molar refractivity (Wildman–Crippen MR) is 67.7 cm³/mol. The average molecular weight is 217 g/mol. The second kappa shape index (κ2) is 4.26. The van der Waals surface area contributed by atoms with Crippen LogP contribution in [-0.2, 0) is 0 Å². The molecule has 0 aliphatic rings. The van der Waals surface area contributed by atoms with Crippen molar-refractivity contribution in [3.05, 3.63) is 30.2 Å². The van der Waals surface area contributed by atoms with Crippen molar-refractivity contribution in [2.45, 2.75) is 19.9 Å². The molecular formula is C13H19N3. The highest BCUT2D eigenvalue weighted by Gasteiger charge is 2.11. The number of likely N-dealkylation sites (N-methyl/N-ethyl adjacent to an activating group) is 1. The monoisotopic (exact) mass is 217 g/mol. The van der Waals surface area contributed by atoms with E-state index < -0.39 is 0 Å². The summed E-state index contributed by atoms with van der Waals surface area (Å²) in [5.74, 6) is 0. The number of hydrogen-bond acceptors (Lipinski definition) is 2. The highest BCUT2D eigenvalue weighted by Crippen LogP contribution is 2.23. The second-order valence-electron chi connectivity index (χ2n) is 4.72. The second-order valence-corrected chi connectivity index (χ2v) is 4.72. The molecule has 2 heterocycles. The van der Waals surface area contributed by atoms with Crippen LogP contribution in [0.3, 0.4) is 0 Å². The van der Waals surface area contributed by atoms with Crippen LogP contribution >= 0.6 is 0 Å². The Morgan fingerprint density at radius 3 is 2.88 bits per heavy atom. The number of aromatic nitrogens is 2. The number of hydrogen-bond donors (Lipinski definition) is 0. The number of pyridine rings is 1. The van der Waals surface area contributed by atoms with Crippen LogP contribution in [0.5, 0.6) is 0 Å². The Bertz CT molecular complexity index is 485. The van der Waals surface area contributed by atoms with Crippen molar-refractivity contribution in [1.82, 2.24) is 14.5 Å². The first kappa shape index (κ1) is 11.1. The third kappa shape index (κ3) is 1.95. The van der Waals surface area contributed by atoms with Crippen molar-refractivity contribution in [3.63, 3.8) is 0 Å². The van der Waals surface area contributed by atoms with Gasteiger partial charge in [-0.05, 0) is 39.6 Å². The Kier molecular flexibility index (Phi) is 2.97. The molecule has 0 radical (unpaired) electrons. The summed E-state index contributed by atoms with van der Waals surface area (Å²) < 4.78 is 2.34. The molecule has 3 nitrogen and oxygen atoms in total. The lowest BCUT2D eigenvalue weighted by Crippen LogP contribution is -2.21. The van der Waals surface area contributed by atoms with Gasteiger partial charge in [0.15, 0.2) is 0 Å². The quantitative estimate of drug-likeness (QED) is 0.787. The van der Waals surface area contributed by atoms with E-state index in [1.165, 1.54) is 16.5 Å². The van der Waals surface area contributed by atoms with E-state index in [-0.39, 0.29) is 0 Å². The van der Waals surface area contributed by atoms with Gasteiger partial charge in [-0.15, -0.1) is 0 Å². The predicted octanol–water partition coefficient (Wildman–Crippen LogP) is 2.47. The molecule has 0 N–H and O–H groups in total. The van der Waals surface area contributed by atoms with E-state index >= 15 is 0 Å². The molecule has 0 aliphatic carbocycles. The summed E-state index contributed by atoms with van der Waals surface area (Å²) in [6.07, 6.45) is 6.03. The fraction of sp³-hybridized carbons (Fsp3) is 0.462. The van der Waals surface area contributed by atoms with Crippen molar-refractivity contribution < 1.29 is 0 Å². The highest BCUT2D eigenvalue weighted by atomic mass is 15.1. The van der Waals surface area contributed by atoms with E-state index in [9.17, 15) is 0 Å². The fourth-order valence-corrected chi connectivity index (χ4v) is 2.24. The molecule has 0 amide bonds. The number of nitrogens with zero attached hydrogens (tertiary/aromatic N) is 3. The Morgan fingerprint density at radius 2 is 2.19 bits per heavy atom. The molecule has 0 saturated heterocycles. The summed E-state index contributed by atoms with van der Waals surface area (Å²) in [5, 5.41) is 1.26. The van der Waals surface area contributed by atoms with Gasteiger partial charge in [-0.25, -0.2) is 0 Å². The maximum atomic E-state index is 4.18. The molecule has 0 fully saturated rings. The van der Waals surface area contributed by atoms with Crippen molar-refractivity contribution >= 4 is 10.9 Å². The van der Waals surface area contributed by atoms with E-state index in [1.54, 1.807) is 0 Å². The molecule has 1 unspecified atom stereocenters. The Balaban J connectivity index is 2.44. The average Bonchev–Trinajstić information content (AvgIpc) is 2.56. The van der Waals surface area contributed by atoms with Gasteiger partial charge in [0, 0.05) is 36.6 Å². The van der Waals surface area contributed by atoms with Crippen molar-refractivity contribution in [3.8, 4) is 0 Å². The minimum absolute atomic E-state index is 0.480. The van der Waals surface area contributed by atoms with Crippen LogP contribution < -0.4 is 0 Å². The number of fused-ring (bicyclic) bond motifs is 1. The molecule has 2 rings (SSSR count). The first-order valence-electron chi connectivity index (χ1n) is 5.65. The van der Waals surface area contributed by atoms with Gasteiger partial charge >= 0.3 is 0 Å². The van der Waals surface area contributed by atoms with Crippen molar-refractivity contribution in [1.29, 1.82) is 0 Å². The molecule has 3 heteroatoms. The summed E-state index contributed by atoms with van der Waals surface area (Å²) in [6, 6.07) is 2.57. The molecule has 1 atom stereocenters. The van der Waals surface area contributed by atoms with Crippen LogP contribution in [0, 0.1) is 6.92 Å². The molecule has 16 heavy (non-hydrogen) atoms. The standard InChI is InChI=1S/C13H19N3/c1-10-8-16(11(2)9-15(3)4)13-5-6-14-7-12(10)13/h5-8,11H,9H2,1-4H3. The smallest absolute Gasteiger partial charge is 0.0517 e. The van der Waals surface area contributed by atoms with Crippen LogP contribution in [0.15, 0.2) is 24.7 Å². The van der Waals surface area contributed by atoms with Crippen LogP contribution in [-0.4, -0.2) is 35.1 Å². The minimum Gasteiger partial charge on any atom is -0.343 e. The molecule has 86 valence electrons. The third-order valence-electron chi connectivity index (χ3n) is 2.94. The highest BCUT2D eigenvalue weighted by molar-refractivity contribution is 5.82. The third-order valence-corrected chi connectivity index (χ3v) is 2.94. The lowest BCUT2D eigenvalue weighted by atomic mass is 10.2. The molecular weight excluding hydrogens is 198 g/mol. The van der Waals surface area contributed by atoms with Crippen molar-refractivity contribution in [2.75, 3.05) is 20.6 Å². The SMILES string of the molecule is Cc1cn(C(C)CN(C)C)c2ccncc12. The molecule has 0 saturated carbocycles. The largest absolute Gasteiger partial charge is 0.343 e. The summed E-state index contributed by atoms with van der Waals surface area (Å²) in [5.41, 5.74) is 2.58. The van der Waals surface area contributed by atoms with Crippen LogP contribution in [0.1, 0.15) is 18.5 Å². The lowest BCUT2D eigenvalue weighted by molar-refractivity contribution is 0.341. The summed E-state index contributed by atoms with van der Waals surface area (Å²) >= 11 is 0.